The van der Waals surface area contributed by atoms with E-state index in [-0.39, 0.29) is 29.4 Å². The molecule has 1 atom stereocenters. The third-order valence-electron chi connectivity index (χ3n) is 3.20. The molecule has 22 heavy (non-hydrogen) atoms. The Morgan fingerprint density at radius 3 is 2.73 bits per heavy atom. The van der Waals surface area contributed by atoms with Gasteiger partial charge in [-0.3, -0.25) is 4.79 Å². The van der Waals surface area contributed by atoms with Crippen molar-refractivity contribution in [3.05, 3.63) is 29.8 Å². The summed E-state index contributed by atoms with van der Waals surface area (Å²) in [6.07, 6.45) is 0.149. The Balaban J connectivity index is 2.04. The van der Waals surface area contributed by atoms with Crippen LogP contribution in [0.5, 0.6) is 0 Å². The first-order valence-corrected chi connectivity index (χ1v) is 9.97. The van der Waals surface area contributed by atoms with E-state index in [1.807, 2.05) is 0 Å². The zero-order valence-corrected chi connectivity index (χ0v) is 13.6. The van der Waals surface area contributed by atoms with Crippen molar-refractivity contribution in [2.75, 3.05) is 18.1 Å². The van der Waals surface area contributed by atoms with Crippen LogP contribution in [0, 0.1) is 0 Å². The van der Waals surface area contributed by atoms with Gasteiger partial charge in [-0.15, -0.1) is 0 Å². The molecule has 0 aromatic heterocycles. The normalized spacial score (nSPS) is 19.6. The summed E-state index contributed by atoms with van der Waals surface area (Å²) in [5.74, 6) is -0.990. The van der Waals surface area contributed by atoms with Crippen LogP contribution < -0.4 is 4.72 Å². The van der Waals surface area contributed by atoms with Gasteiger partial charge in [0.15, 0.2) is 9.84 Å². The van der Waals surface area contributed by atoms with Crippen molar-refractivity contribution in [1.29, 1.82) is 0 Å². The van der Waals surface area contributed by atoms with E-state index in [1.54, 1.807) is 18.2 Å². The van der Waals surface area contributed by atoms with E-state index in [9.17, 15) is 21.6 Å². The molecule has 0 radical (unpaired) electrons. The SMILES string of the molecule is CC(=O)OCCCS(=O)(=O)NC1CS(=O)(=O)c2ccccc21. The minimum Gasteiger partial charge on any atom is -0.466 e. The Morgan fingerprint density at radius 1 is 1.36 bits per heavy atom. The minimum atomic E-state index is -3.66. The molecule has 9 heteroatoms. The summed E-state index contributed by atoms with van der Waals surface area (Å²) in [6, 6.07) is 5.57. The molecule has 2 rings (SSSR count). The number of hydrogen-bond acceptors (Lipinski definition) is 6. The van der Waals surface area contributed by atoms with Crippen molar-refractivity contribution in [2.45, 2.75) is 24.3 Å². The molecule has 0 fully saturated rings. The highest BCUT2D eigenvalue weighted by Crippen LogP contribution is 2.33. The average Bonchev–Trinajstić information content (AvgIpc) is 2.66. The second-order valence-corrected chi connectivity index (χ2v) is 8.88. The van der Waals surface area contributed by atoms with Gasteiger partial charge in [0.2, 0.25) is 10.0 Å². The lowest BCUT2D eigenvalue weighted by molar-refractivity contribution is -0.140. The predicted molar refractivity (Wildman–Crippen MR) is 79.4 cm³/mol. The molecule has 0 spiro atoms. The summed E-state index contributed by atoms with van der Waals surface area (Å²) in [5, 5.41) is 0. The summed E-state index contributed by atoms with van der Waals surface area (Å²) in [5.41, 5.74) is 0.464. The van der Waals surface area contributed by atoms with Crippen molar-refractivity contribution < 1.29 is 26.4 Å². The molecule has 1 aromatic rings. The van der Waals surface area contributed by atoms with Crippen LogP contribution in [-0.4, -0.2) is 40.9 Å². The fourth-order valence-electron chi connectivity index (χ4n) is 2.29. The van der Waals surface area contributed by atoms with E-state index in [0.717, 1.165) is 0 Å². The van der Waals surface area contributed by atoms with Crippen LogP contribution in [0.4, 0.5) is 0 Å². The Morgan fingerprint density at radius 2 is 2.05 bits per heavy atom. The molecule has 1 N–H and O–H groups in total. The highest BCUT2D eigenvalue weighted by molar-refractivity contribution is 7.92. The van der Waals surface area contributed by atoms with Crippen LogP contribution in [0.25, 0.3) is 0 Å². The van der Waals surface area contributed by atoms with E-state index < -0.39 is 31.9 Å². The van der Waals surface area contributed by atoms with Gasteiger partial charge < -0.3 is 4.74 Å². The van der Waals surface area contributed by atoms with Gasteiger partial charge in [-0.1, -0.05) is 18.2 Å². The van der Waals surface area contributed by atoms with Crippen molar-refractivity contribution in [2.24, 2.45) is 0 Å². The third kappa shape index (κ3) is 4.05. The first-order chi connectivity index (χ1) is 10.2. The summed E-state index contributed by atoms with van der Waals surface area (Å²) < 4.78 is 55.1. The average molecular weight is 347 g/mol. The maximum Gasteiger partial charge on any atom is 0.302 e. The lowest BCUT2D eigenvalue weighted by Gasteiger charge is -2.13. The summed E-state index contributed by atoms with van der Waals surface area (Å²) in [6.45, 7) is 1.25. The van der Waals surface area contributed by atoms with E-state index in [4.69, 9.17) is 0 Å². The molecule has 122 valence electrons. The first-order valence-electron chi connectivity index (χ1n) is 6.66. The number of hydrogen-bond donors (Lipinski definition) is 1. The molecular formula is C13H17NO6S2. The van der Waals surface area contributed by atoms with E-state index >= 15 is 0 Å². The number of esters is 1. The summed E-state index contributed by atoms with van der Waals surface area (Å²) >= 11 is 0. The van der Waals surface area contributed by atoms with Crippen LogP contribution >= 0.6 is 0 Å². The van der Waals surface area contributed by atoms with Gasteiger partial charge in [-0.25, -0.2) is 21.6 Å². The fraction of sp³-hybridized carbons (Fsp3) is 0.462. The smallest absolute Gasteiger partial charge is 0.302 e. The van der Waals surface area contributed by atoms with Crippen LogP contribution in [0.3, 0.4) is 0 Å². The van der Waals surface area contributed by atoms with Gasteiger partial charge in [0, 0.05) is 6.92 Å². The predicted octanol–water partition coefficient (Wildman–Crippen LogP) is 0.388. The van der Waals surface area contributed by atoms with Crippen molar-refractivity contribution in [3.8, 4) is 0 Å². The van der Waals surface area contributed by atoms with Gasteiger partial charge >= 0.3 is 5.97 Å². The lowest BCUT2D eigenvalue weighted by Crippen LogP contribution is -2.32. The Kier molecular flexibility index (Phi) is 4.88. The number of ether oxygens (including phenoxy) is 1. The number of sulfone groups is 1. The lowest BCUT2D eigenvalue weighted by atomic mass is 10.1. The number of rotatable bonds is 6. The maximum absolute atomic E-state index is 12.0. The van der Waals surface area contributed by atoms with Gasteiger partial charge in [0.1, 0.15) is 0 Å². The first kappa shape index (κ1) is 16.9. The molecule has 0 aliphatic carbocycles. The Hall–Kier alpha value is -1.45. The highest BCUT2D eigenvalue weighted by Gasteiger charge is 2.36. The van der Waals surface area contributed by atoms with Crippen LogP contribution in [0.15, 0.2) is 29.2 Å². The second kappa shape index (κ2) is 6.35. The number of fused-ring (bicyclic) bond motifs is 1. The molecule has 1 aliphatic heterocycles. The molecule has 1 heterocycles. The van der Waals surface area contributed by atoms with Crippen LogP contribution in [0.2, 0.25) is 0 Å². The number of carbonyl (C=O) groups excluding carboxylic acids is 1. The Bertz CT molecular complexity index is 769. The minimum absolute atomic E-state index is 0.00972. The maximum atomic E-state index is 12.0. The molecule has 1 aromatic carbocycles. The van der Waals surface area contributed by atoms with Crippen molar-refractivity contribution in [3.63, 3.8) is 0 Å². The summed E-state index contributed by atoms with van der Waals surface area (Å²) in [7, 11) is -7.12. The Labute approximate surface area is 129 Å². The molecule has 0 bridgehead atoms. The van der Waals surface area contributed by atoms with Gasteiger partial charge in [-0.05, 0) is 18.1 Å². The quantitative estimate of drug-likeness (QED) is 0.589. The van der Waals surface area contributed by atoms with Crippen molar-refractivity contribution >= 4 is 25.8 Å². The monoisotopic (exact) mass is 347 g/mol. The standard InChI is InChI=1S/C13H17NO6S2/c1-10(15)20-7-4-8-22(18,19)14-12-9-21(16,17)13-6-3-2-5-11(12)13/h2-3,5-6,12,14H,4,7-9H2,1H3. The number of benzene rings is 1. The van der Waals surface area contributed by atoms with Crippen LogP contribution in [0.1, 0.15) is 24.9 Å². The van der Waals surface area contributed by atoms with Gasteiger partial charge in [0.25, 0.3) is 0 Å². The number of carbonyl (C=O) groups is 1. The molecule has 0 amide bonds. The van der Waals surface area contributed by atoms with E-state index in [1.165, 1.54) is 13.0 Å². The van der Waals surface area contributed by atoms with Crippen molar-refractivity contribution in [1.82, 2.24) is 4.72 Å². The van der Waals surface area contributed by atoms with E-state index in [2.05, 4.69) is 9.46 Å². The second-order valence-electron chi connectivity index (χ2n) is 5.00. The highest BCUT2D eigenvalue weighted by atomic mass is 32.2. The zero-order valence-electron chi connectivity index (χ0n) is 12.0. The van der Waals surface area contributed by atoms with Gasteiger partial charge in [-0.2, -0.15) is 0 Å². The number of sulfonamides is 1. The fourth-order valence-corrected chi connectivity index (χ4v) is 5.39. The largest absolute Gasteiger partial charge is 0.466 e. The third-order valence-corrected chi connectivity index (χ3v) is 6.48. The van der Waals surface area contributed by atoms with Crippen LogP contribution in [-0.2, 0) is 29.4 Å². The molecular weight excluding hydrogens is 330 g/mol. The topological polar surface area (TPSA) is 107 Å². The van der Waals surface area contributed by atoms with Gasteiger partial charge in [0.05, 0.1) is 29.0 Å². The number of nitrogens with one attached hydrogen (secondary N) is 1. The molecule has 0 saturated heterocycles. The molecule has 7 nitrogen and oxygen atoms in total. The molecule has 1 aliphatic rings. The molecule has 1 unspecified atom stereocenters. The van der Waals surface area contributed by atoms with E-state index in [0.29, 0.717) is 5.56 Å². The zero-order chi connectivity index (χ0) is 16.4. The summed E-state index contributed by atoms with van der Waals surface area (Å²) in [4.78, 5) is 10.8. The molecule has 0 saturated carbocycles.